The van der Waals surface area contributed by atoms with Crippen LogP contribution in [0.15, 0.2) is 72.8 Å². The Labute approximate surface area is 165 Å². The van der Waals surface area contributed by atoms with Crippen LogP contribution in [0.5, 0.6) is 0 Å². The highest BCUT2D eigenvalue weighted by Gasteiger charge is 2.49. The van der Waals surface area contributed by atoms with Gasteiger partial charge in [0, 0.05) is 0 Å². The summed E-state index contributed by atoms with van der Waals surface area (Å²) in [5.41, 5.74) is 0.750. The van der Waals surface area contributed by atoms with Crippen molar-refractivity contribution < 1.29 is 19.1 Å². The van der Waals surface area contributed by atoms with E-state index in [1.54, 1.807) is 6.92 Å². The maximum atomic E-state index is 13.0. The number of amides is 1. The molecule has 0 bridgehead atoms. The SMILES string of the molecule is CCOC(=O)[C@]1(c2ccccc2)CCC=C[C@H]1NC(=O)OCc1ccccc1. The summed E-state index contributed by atoms with van der Waals surface area (Å²) in [6, 6.07) is 18.4. The van der Waals surface area contributed by atoms with Crippen LogP contribution < -0.4 is 5.32 Å². The van der Waals surface area contributed by atoms with Gasteiger partial charge in [0.25, 0.3) is 0 Å². The summed E-state index contributed by atoms with van der Waals surface area (Å²) in [4.78, 5) is 25.5. The number of nitrogens with one attached hydrogen (secondary N) is 1. The number of carbonyl (C=O) groups is 2. The Hall–Kier alpha value is -3.08. The van der Waals surface area contributed by atoms with Crippen molar-refractivity contribution in [2.45, 2.75) is 37.8 Å². The summed E-state index contributed by atoms with van der Waals surface area (Å²) in [5.74, 6) is -0.334. The maximum absolute atomic E-state index is 13.0. The van der Waals surface area contributed by atoms with Crippen molar-refractivity contribution >= 4 is 12.1 Å². The minimum Gasteiger partial charge on any atom is -0.465 e. The van der Waals surface area contributed by atoms with Crippen molar-refractivity contribution in [3.8, 4) is 0 Å². The molecule has 2 aromatic rings. The van der Waals surface area contributed by atoms with E-state index in [2.05, 4.69) is 5.32 Å². The second-order valence-electron chi connectivity index (χ2n) is 6.71. The number of hydrogen-bond donors (Lipinski definition) is 1. The molecule has 1 aliphatic rings. The zero-order valence-electron chi connectivity index (χ0n) is 16.0. The molecule has 0 aliphatic heterocycles. The maximum Gasteiger partial charge on any atom is 0.407 e. The van der Waals surface area contributed by atoms with E-state index in [1.165, 1.54) is 0 Å². The van der Waals surface area contributed by atoms with Gasteiger partial charge >= 0.3 is 12.1 Å². The highest BCUT2D eigenvalue weighted by atomic mass is 16.5. The summed E-state index contributed by atoms with van der Waals surface area (Å²) >= 11 is 0. The van der Waals surface area contributed by atoms with Gasteiger partial charge in [0.1, 0.15) is 12.0 Å². The Bertz CT molecular complexity index is 819. The summed E-state index contributed by atoms with van der Waals surface area (Å²) in [6.45, 7) is 2.23. The Morgan fingerprint density at radius 1 is 1.04 bits per heavy atom. The third-order valence-electron chi connectivity index (χ3n) is 4.98. The lowest BCUT2D eigenvalue weighted by Gasteiger charge is -2.39. The molecule has 0 heterocycles. The van der Waals surface area contributed by atoms with Gasteiger partial charge in [0.15, 0.2) is 0 Å². The Morgan fingerprint density at radius 2 is 1.71 bits per heavy atom. The summed E-state index contributed by atoms with van der Waals surface area (Å²) < 4.78 is 10.8. The standard InChI is InChI=1S/C23H25NO4/c1-2-27-21(25)23(19-13-7-4-8-14-19)16-10-9-15-20(23)24-22(26)28-17-18-11-5-3-6-12-18/h3-9,11-15,20H,2,10,16-17H2,1H3,(H,24,26)/t20-,23+/m1/s1. The molecule has 1 amide bonds. The van der Waals surface area contributed by atoms with Gasteiger partial charge < -0.3 is 14.8 Å². The molecule has 0 unspecified atom stereocenters. The van der Waals surface area contributed by atoms with E-state index < -0.39 is 17.6 Å². The minimum atomic E-state index is -0.974. The first-order valence-corrected chi connectivity index (χ1v) is 9.53. The first-order chi connectivity index (χ1) is 13.7. The first-order valence-electron chi connectivity index (χ1n) is 9.53. The second kappa shape index (κ2) is 9.22. The van der Waals surface area contributed by atoms with Crippen LogP contribution >= 0.6 is 0 Å². The van der Waals surface area contributed by atoms with Gasteiger partial charge in [-0.2, -0.15) is 0 Å². The molecular formula is C23H25NO4. The fourth-order valence-electron chi connectivity index (χ4n) is 3.59. The van der Waals surface area contributed by atoms with Crippen molar-refractivity contribution in [2.75, 3.05) is 6.61 Å². The third-order valence-corrected chi connectivity index (χ3v) is 4.98. The molecule has 0 fully saturated rings. The van der Waals surface area contributed by atoms with Gasteiger partial charge in [-0.05, 0) is 30.9 Å². The Morgan fingerprint density at radius 3 is 2.39 bits per heavy atom. The van der Waals surface area contributed by atoms with Crippen LogP contribution in [0, 0.1) is 0 Å². The summed E-state index contributed by atoms with van der Waals surface area (Å²) in [6.07, 6.45) is 4.55. The topological polar surface area (TPSA) is 64.6 Å². The van der Waals surface area contributed by atoms with E-state index in [9.17, 15) is 9.59 Å². The lowest BCUT2D eigenvalue weighted by atomic mass is 9.68. The molecule has 1 N–H and O–H groups in total. The lowest BCUT2D eigenvalue weighted by Crippen LogP contribution is -2.56. The number of carbonyl (C=O) groups excluding carboxylic acids is 2. The van der Waals surface area contributed by atoms with Crippen molar-refractivity contribution in [1.29, 1.82) is 0 Å². The zero-order valence-corrected chi connectivity index (χ0v) is 16.0. The molecule has 0 radical (unpaired) electrons. The number of ether oxygens (including phenoxy) is 2. The largest absolute Gasteiger partial charge is 0.465 e. The van der Waals surface area contributed by atoms with Crippen LogP contribution in [-0.2, 0) is 26.3 Å². The number of hydrogen-bond acceptors (Lipinski definition) is 4. The Kier molecular flexibility index (Phi) is 6.48. The van der Waals surface area contributed by atoms with Gasteiger partial charge in [-0.1, -0.05) is 72.8 Å². The molecule has 28 heavy (non-hydrogen) atoms. The molecule has 3 rings (SSSR count). The molecule has 0 spiro atoms. The second-order valence-corrected chi connectivity index (χ2v) is 6.71. The van der Waals surface area contributed by atoms with Gasteiger partial charge in [-0.25, -0.2) is 4.79 Å². The van der Waals surface area contributed by atoms with Crippen LogP contribution in [0.3, 0.4) is 0 Å². The highest BCUT2D eigenvalue weighted by Crippen LogP contribution is 2.38. The average Bonchev–Trinajstić information content (AvgIpc) is 2.74. The molecular weight excluding hydrogens is 354 g/mol. The van der Waals surface area contributed by atoms with E-state index >= 15 is 0 Å². The van der Waals surface area contributed by atoms with E-state index in [1.807, 2.05) is 72.8 Å². The number of benzene rings is 2. The van der Waals surface area contributed by atoms with Crippen LogP contribution in [0.25, 0.3) is 0 Å². The predicted octanol–water partition coefficient (Wildman–Crippen LogP) is 4.13. The number of alkyl carbamates (subject to hydrolysis) is 1. The van der Waals surface area contributed by atoms with Gasteiger partial charge in [0.2, 0.25) is 0 Å². The van der Waals surface area contributed by atoms with Gasteiger partial charge in [0.05, 0.1) is 12.6 Å². The molecule has 0 saturated carbocycles. The number of esters is 1. The van der Waals surface area contributed by atoms with Crippen molar-refractivity contribution in [3.05, 3.63) is 83.9 Å². The van der Waals surface area contributed by atoms with E-state index in [-0.39, 0.29) is 19.2 Å². The molecule has 5 heteroatoms. The summed E-state index contributed by atoms with van der Waals surface area (Å²) in [5, 5.41) is 2.87. The molecule has 0 saturated heterocycles. The van der Waals surface area contributed by atoms with E-state index in [4.69, 9.17) is 9.47 Å². The van der Waals surface area contributed by atoms with Gasteiger partial charge in [-0.3, -0.25) is 4.79 Å². The molecule has 5 nitrogen and oxygen atoms in total. The van der Waals surface area contributed by atoms with Crippen LogP contribution in [0.2, 0.25) is 0 Å². The lowest BCUT2D eigenvalue weighted by molar-refractivity contribution is -0.151. The van der Waals surface area contributed by atoms with Crippen molar-refractivity contribution in [2.24, 2.45) is 0 Å². The monoisotopic (exact) mass is 379 g/mol. The Balaban J connectivity index is 1.81. The number of allylic oxidation sites excluding steroid dienone is 1. The third kappa shape index (κ3) is 4.25. The van der Waals surface area contributed by atoms with Crippen LogP contribution in [0.4, 0.5) is 4.79 Å². The average molecular weight is 379 g/mol. The molecule has 146 valence electrons. The van der Waals surface area contributed by atoms with Crippen molar-refractivity contribution in [3.63, 3.8) is 0 Å². The smallest absolute Gasteiger partial charge is 0.407 e. The highest BCUT2D eigenvalue weighted by molar-refractivity contribution is 5.86. The summed E-state index contributed by atoms with van der Waals surface area (Å²) in [7, 11) is 0. The minimum absolute atomic E-state index is 0.168. The molecule has 0 aromatic heterocycles. The molecule has 1 aliphatic carbocycles. The molecule has 2 aromatic carbocycles. The number of rotatable bonds is 6. The predicted molar refractivity (Wildman–Crippen MR) is 107 cm³/mol. The quantitative estimate of drug-likeness (QED) is 0.605. The zero-order chi connectivity index (χ0) is 19.8. The first kappa shape index (κ1) is 19.7. The fraction of sp³-hybridized carbons (Fsp3) is 0.304. The van der Waals surface area contributed by atoms with Crippen LogP contribution in [-0.4, -0.2) is 24.7 Å². The van der Waals surface area contributed by atoms with Crippen LogP contribution in [0.1, 0.15) is 30.9 Å². The van der Waals surface area contributed by atoms with E-state index in [0.29, 0.717) is 6.42 Å². The molecule has 2 atom stereocenters. The normalized spacial score (nSPS) is 21.0. The van der Waals surface area contributed by atoms with Crippen molar-refractivity contribution in [1.82, 2.24) is 5.32 Å². The fourth-order valence-corrected chi connectivity index (χ4v) is 3.59. The van der Waals surface area contributed by atoms with E-state index in [0.717, 1.165) is 17.5 Å². The van der Waals surface area contributed by atoms with Gasteiger partial charge in [-0.15, -0.1) is 0 Å².